The van der Waals surface area contributed by atoms with E-state index in [9.17, 15) is 0 Å². The van der Waals surface area contributed by atoms with Gasteiger partial charge in [0.2, 0.25) is 0 Å². The van der Waals surface area contributed by atoms with Gasteiger partial charge in [-0.2, -0.15) is 11.3 Å². The van der Waals surface area contributed by atoms with Gasteiger partial charge in [-0.05, 0) is 52.9 Å². The Hall–Kier alpha value is -0.790. The molecule has 1 aromatic carbocycles. The van der Waals surface area contributed by atoms with Gasteiger partial charge in [-0.15, -0.1) is 24.0 Å². The highest BCUT2D eigenvalue weighted by Gasteiger charge is 2.44. The molecule has 1 heterocycles. The van der Waals surface area contributed by atoms with Crippen LogP contribution in [0.25, 0.3) is 0 Å². The van der Waals surface area contributed by atoms with Crippen molar-refractivity contribution >= 4 is 52.9 Å². The maximum atomic E-state index is 6.12. The Balaban J connectivity index is 0.00000192. The number of benzene rings is 1. The monoisotopic (exact) mass is 461 g/mol. The maximum Gasteiger partial charge on any atom is 0.191 e. The van der Waals surface area contributed by atoms with Gasteiger partial charge in [0.1, 0.15) is 0 Å². The first-order valence-electron chi connectivity index (χ1n) is 7.43. The van der Waals surface area contributed by atoms with Gasteiger partial charge in [0.25, 0.3) is 0 Å². The van der Waals surface area contributed by atoms with Crippen LogP contribution < -0.4 is 10.6 Å². The molecule has 2 N–H and O–H groups in total. The maximum absolute atomic E-state index is 6.12. The molecular formula is C17H21ClIN3S. The fourth-order valence-electron chi connectivity index (χ4n) is 2.59. The molecule has 6 heteroatoms. The highest BCUT2D eigenvalue weighted by atomic mass is 127. The minimum Gasteiger partial charge on any atom is -0.356 e. The summed E-state index contributed by atoms with van der Waals surface area (Å²) >= 11 is 7.83. The van der Waals surface area contributed by atoms with Crippen LogP contribution in [0.4, 0.5) is 0 Å². The van der Waals surface area contributed by atoms with Gasteiger partial charge in [0, 0.05) is 30.6 Å². The van der Waals surface area contributed by atoms with E-state index in [-0.39, 0.29) is 29.4 Å². The normalized spacial score (nSPS) is 15.7. The van der Waals surface area contributed by atoms with Crippen LogP contribution in [0, 0.1) is 0 Å². The van der Waals surface area contributed by atoms with Gasteiger partial charge in [-0.25, -0.2) is 0 Å². The summed E-state index contributed by atoms with van der Waals surface area (Å²) in [6, 6.07) is 10.3. The fourth-order valence-corrected chi connectivity index (χ4v) is 3.45. The smallest absolute Gasteiger partial charge is 0.191 e. The Morgan fingerprint density at radius 1 is 1.30 bits per heavy atom. The van der Waals surface area contributed by atoms with Crippen molar-refractivity contribution in [2.24, 2.45) is 4.99 Å². The lowest BCUT2D eigenvalue weighted by Crippen LogP contribution is -2.40. The van der Waals surface area contributed by atoms with E-state index in [0.29, 0.717) is 0 Å². The van der Waals surface area contributed by atoms with Crippen molar-refractivity contribution in [3.05, 3.63) is 57.2 Å². The number of nitrogens with zero attached hydrogens (tertiary/aromatic N) is 1. The molecular weight excluding hydrogens is 441 g/mol. The van der Waals surface area contributed by atoms with Crippen molar-refractivity contribution in [3.63, 3.8) is 0 Å². The molecule has 2 aromatic rings. The molecule has 0 spiro atoms. The second-order valence-electron chi connectivity index (χ2n) is 5.70. The molecule has 0 bridgehead atoms. The first-order chi connectivity index (χ1) is 10.7. The summed E-state index contributed by atoms with van der Waals surface area (Å²) in [5.41, 5.74) is 2.81. The number of nitrogens with one attached hydrogen (secondary N) is 2. The van der Waals surface area contributed by atoms with Crippen molar-refractivity contribution in [1.29, 1.82) is 0 Å². The number of thiophene rings is 1. The third-order valence-corrected chi connectivity index (χ3v) is 5.12. The van der Waals surface area contributed by atoms with Crippen LogP contribution in [-0.4, -0.2) is 19.6 Å². The van der Waals surface area contributed by atoms with E-state index in [1.165, 1.54) is 24.0 Å². The minimum absolute atomic E-state index is 0. The van der Waals surface area contributed by atoms with Crippen molar-refractivity contribution in [1.82, 2.24) is 10.6 Å². The highest BCUT2D eigenvalue weighted by molar-refractivity contribution is 14.0. The van der Waals surface area contributed by atoms with E-state index in [0.717, 1.165) is 24.1 Å². The third kappa shape index (κ3) is 4.84. The van der Waals surface area contributed by atoms with Crippen LogP contribution in [0.15, 0.2) is 46.1 Å². The molecule has 23 heavy (non-hydrogen) atoms. The molecule has 0 unspecified atom stereocenters. The van der Waals surface area contributed by atoms with Gasteiger partial charge < -0.3 is 10.6 Å². The summed E-state index contributed by atoms with van der Waals surface area (Å²) in [7, 11) is 1.81. The van der Waals surface area contributed by atoms with Crippen LogP contribution in [0.1, 0.15) is 24.0 Å². The molecule has 0 radical (unpaired) electrons. The quantitative estimate of drug-likeness (QED) is 0.393. The van der Waals surface area contributed by atoms with Crippen molar-refractivity contribution in [2.75, 3.05) is 13.6 Å². The number of hydrogen-bond donors (Lipinski definition) is 2. The van der Waals surface area contributed by atoms with Gasteiger partial charge in [0.15, 0.2) is 5.96 Å². The summed E-state index contributed by atoms with van der Waals surface area (Å²) in [6.07, 6.45) is 2.39. The van der Waals surface area contributed by atoms with E-state index >= 15 is 0 Å². The summed E-state index contributed by atoms with van der Waals surface area (Å²) in [5, 5.41) is 11.9. The molecule has 0 aliphatic heterocycles. The zero-order chi connectivity index (χ0) is 15.4. The Morgan fingerprint density at radius 2 is 2.13 bits per heavy atom. The van der Waals surface area contributed by atoms with Crippen molar-refractivity contribution < 1.29 is 0 Å². The molecule has 1 aliphatic carbocycles. The lowest BCUT2D eigenvalue weighted by atomic mass is 9.96. The Kier molecular flexibility index (Phi) is 6.73. The Labute approximate surface area is 163 Å². The predicted octanol–water partition coefficient (Wildman–Crippen LogP) is 4.42. The molecule has 3 rings (SSSR count). The van der Waals surface area contributed by atoms with Gasteiger partial charge in [-0.1, -0.05) is 23.7 Å². The standard InChI is InChI=1S/C17H20ClN3S.HI/c1-19-16(20-10-13-5-8-22-11-13)21-12-17(6-7-17)14-3-2-4-15(18)9-14;/h2-5,8-9,11H,6-7,10,12H2,1H3,(H2,19,20,21);1H. The molecule has 1 saturated carbocycles. The zero-order valence-corrected chi connectivity index (χ0v) is 16.9. The summed E-state index contributed by atoms with van der Waals surface area (Å²) in [4.78, 5) is 4.30. The molecule has 124 valence electrons. The van der Waals surface area contributed by atoms with Crippen LogP contribution in [0.3, 0.4) is 0 Å². The zero-order valence-electron chi connectivity index (χ0n) is 13.0. The minimum atomic E-state index is 0. The van der Waals surface area contributed by atoms with Crippen LogP contribution >= 0.6 is 46.9 Å². The number of hydrogen-bond acceptors (Lipinski definition) is 2. The highest BCUT2D eigenvalue weighted by Crippen LogP contribution is 2.48. The first-order valence-corrected chi connectivity index (χ1v) is 8.76. The second kappa shape index (κ2) is 8.35. The fraction of sp³-hybridized carbons (Fsp3) is 0.353. The van der Waals surface area contributed by atoms with Crippen LogP contribution in [0.5, 0.6) is 0 Å². The van der Waals surface area contributed by atoms with Crippen molar-refractivity contribution in [2.45, 2.75) is 24.8 Å². The van der Waals surface area contributed by atoms with E-state index in [4.69, 9.17) is 11.6 Å². The van der Waals surface area contributed by atoms with E-state index < -0.39 is 0 Å². The molecule has 1 aromatic heterocycles. The summed E-state index contributed by atoms with van der Waals surface area (Å²) in [6.45, 7) is 1.68. The van der Waals surface area contributed by atoms with Gasteiger partial charge in [-0.3, -0.25) is 4.99 Å². The lowest BCUT2D eigenvalue weighted by molar-refractivity contribution is 0.646. The van der Waals surface area contributed by atoms with Gasteiger partial charge in [0.05, 0.1) is 0 Å². The molecule has 0 amide bonds. The summed E-state index contributed by atoms with van der Waals surface area (Å²) in [5.74, 6) is 0.847. The van der Waals surface area contributed by atoms with E-state index in [1.807, 2.05) is 19.2 Å². The molecule has 0 saturated heterocycles. The van der Waals surface area contributed by atoms with Crippen LogP contribution in [0.2, 0.25) is 5.02 Å². The Bertz CT molecular complexity index is 654. The Morgan fingerprint density at radius 3 is 2.74 bits per heavy atom. The number of halogens is 2. The van der Waals surface area contributed by atoms with Crippen molar-refractivity contribution in [3.8, 4) is 0 Å². The number of guanidine groups is 1. The SMILES string of the molecule is CN=C(NCc1ccsc1)NCC1(c2cccc(Cl)c2)CC1.I. The largest absolute Gasteiger partial charge is 0.356 e. The summed E-state index contributed by atoms with van der Waals surface area (Å²) < 4.78 is 0. The van der Waals surface area contributed by atoms with E-state index in [1.54, 1.807) is 11.3 Å². The average Bonchev–Trinajstić information content (AvgIpc) is 3.14. The molecule has 0 atom stereocenters. The number of aliphatic imine (C=N–C) groups is 1. The lowest BCUT2D eigenvalue weighted by Gasteiger charge is -2.19. The van der Waals surface area contributed by atoms with E-state index in [2.05, 4.69) is 44.6 Å². The average molecular weight is 462 g/mol. The first kappa shape index (κ1) is 18.5. The number of rotatable bonds is 5. The van der Waals surface area contributed by atoms with Crippen LogP contribution in [-0.2, 0) is 12.0 Å². The topological polar surface area (TPSA) is 36.4 Å². The molecule has 1 aliphatic rings. The molecule has 1 fully saturated rings. The second-order valence-corrected chi connectivity index (χ2v) is 6.92. The predicted molar refractivity (Wildman–Crippen MR) is 110 cm³/mol. The van der Waals surface area contributed by atoms with Gasteiger partial charge >= 0.3 is 0 Å². The third-order valence-electron chi connectivity index (χ3n) is 4.15. The molecule has 3 nitrogen and oxygen atoms in total.